The second kappa shape index (κ2) is 7.93. The van der Waals surface area contributed by atoms with E-state index in [2.05, 4.69) is 30.3 Å². The van der Waals surface area contributed by atoms with Crippen molar-refractivity contribution in [2.75, 3.05) is 12.8 Å². The molecule has 0 aromatic carbocycles. The van der Waals surface area contributed by atoms with Gasteiger partial charge in [-0.05, 0) is 44.3 Å². The third-order valence-corrected chi connectivity index (χ3v) is 6.86. The topological polar surface area (TPSA) is 12.0 Å². The largest absolute Gasteiger partial charge is 0.313 e. The summed E-state index contributed by atoms with van der Waals surface area (Å²) in [5.41, 5.74) is 0. The van der Waals surface area contributed by atoms with Crippen molar-refractivity contribution in [3.8, 4) is 0 Å². The first-order valence-electron chi connectivity index (χ1n) is 8.56. The van der Waals surface area contributed by atoms with Crippen LogP contribution in [0.5, 0.6) is 0 Å². The fourth-order valence-corrected chi connectivity index (χ4v) is 5.01. The van der Waals surface area contributed by atoms with Crippen molar-refractivity contribution < 1.29 is 0 Å². The minimum atomic E-state index is 0.578. The average Bonchev–Trinajstić information content (AvgIpc) is 2.79. The van der Waals surface area contributed by atoms with E-state index in [-0.39, 0.29) is 0 Å². The minimum absolute atomic E-state index is 0.578. The maximum atomic E-state index is 3.94. The van der Waals surface area contributed by atoms with E-state index in [1.54, 1.807) is 0 Å². The first kappa shape index (κ1) is 15.7. The van der Waals surface area contributed by atoms with Gasteiger partial charge in [-0.25, -0.2) is 0 Å². The smallest absolute Gasteiger partial charge is 0.0281 e. The van der Waals surface area contributed by atoms with Crippen LogP contribution in [0.2, 0.25) is 0 Å². The summed E-state index contributed by atoms with van der Waals surface area (Å²) in [6, 6.07) is 0.812. The molecule has 0 saturated heterocycles. The zero-order valence-electron chi connectivity index (χ0n) is 13.0. The molecule has 2 fully saturated rings. The molecule has 0 spiro atoms. The molecule has 2 aliphatic carbocycles. The lowest BCUT2D eigenvalue weighted by Gasteiger charge is -2.30. The number of nitrogens with one attached hydrogen (secondary N) is 1. The van der Waals surface area contributed by atoms with Crippen molar-refractivity contribution in [3.05, 3.63) is 0 Å². The third kappa shape index (κ3) is 4.67. The van der Waals surface area contributed by atoms with Crippen LogP contribution in [0.4, 0.5) is 0 Å². The zero-order chi connectivity index (χ0) is 13.6. The maximum Gasteiger partial charge on any atom is 0.0281 e. The predicted molar refractivity (Wildman–Crippen MR) is 88.0 cm³/mol. The molecule has 1 N–H and O–H groups in total. The highest BCUT2D eigenvalue weighted by molar-refractivity contribution is 8.00. The summed E-state index contributed by atoms with van der Waals surface area (Å²) in [6.07, 6.45) is 18.2. The Morgan fingerprint density at radius 1 is 1.05 bits per heavy atom. The molecular weight excluding hydrogens is 250 g/mol. The number of hydrogen-bond donors (Lipinski definition) is 1. The van der Waals surface area contributed by atoms with E-state index in [0.717, 1.165) is 12.0 Å². The van der Waals surface area contributed by atoms with Gasteiger partial charge in [0.15, 0.2) is 0 Å². The first-order valence-corrected chi connectivity index (χ1v) is 9.79. The Kier molecular flexibility index (Phi) is 6.55. The van der Waals surface area contributed by atoms with Crippen molar-refractivity contribution in [2.24, 2.45) is 5.92 Å². The van der Waals surface area contributed by atoms with Crippen LogP contribution in [0.15, 0.2) is 0 Å². The summed E-state index contributed by atoms with van der Waals surface area (Å²) in [4.78, 5) is 0. The van der Waals surface area contributed by atoms with Gasteiger partial charge in [0, 0.05) is 17.3 Å². The van der Waals surface area contributed by atoms with Gasteiger partial charge in [0.2, 0.25) is 0 Å². The Morgan fingerprint density at radius 2 is 1.84 bits per heavy atom. The highest BCUT2D eigenvalue weighted by atomic mass is 32.2. The van der Waals surface area contributed by atoms with E-state index < -0.39 is 0 Å². The van der Waals surface area contributed by atoms with Gasteiger partial charge < -0.3 is 5.32 Å². The van der Waals surface area contributed by atoms with Gasteiger partial charge >= 0.3 is 0 Å². The summed E-state index contributed by atoms with van der Waals surface area (Å²) in [6.45, 7) is 3.60. The molecule has 2 atom stereocenters. The molecule has 19 heavy (non-hydrogen) atoms. The molecule has 2 saturated carbocycles. The van der Waals surface area contributed by atoms with Gasteiger partial charge in [0.25, 0.3) is 0 Å². The molecule has 0 aromatic heterocycles. The summed E-state index contributed by atoms with van der Waals surface area (Å²) in [5, 5.41) is 3.94. The van der Waals surface area contributed by atoms with E-state index in [1.165, 1.54) is 77.2 Å². The van der Waals surface area contributed by atoms with Gasteiger partial charge in [-0.1, -0.05) is 45.4 Å². The Bertz CT molecular complexity index is 248. The molecule has 112 valence electrons. The van der Waals surface area contributed by atoms with Gasteiger partial charge in [-0.2, -0.15) is 11.8 Å². The highest BCUT2D eigenvalue weighted by Gasteiger charge is 2.33. The van der Waals surface area contributed by atoms with Crippen molar-refractivity contribution in [3.63, 3.8) is 0 Å². The van der Waals surface area contributed by atoms with Crippen molar-refractivity contribution in [1.29, 1.82) is 0 Å². The molecule has 0 radical (unpaired) electrons. The van der Waals surface area contributed by atoms with Crippen molar-refractivity contribution in [2.45, 2.75) is 88.3 Å². The second-order valence-electron chi connectivity index (χ2n) is 6.84. The minimum Gasteiger partial charge on any atom is -0.313 e. The Hall–Kier alpha value is 0.310. The molecule has 0 aliphatic heterocycles. The first-order chi connectivity index (χ1) is 9.28. The normalized spacial score (nSPS) is 31.3. The molecule has 0 bridgehead atoms. The quantitative estimate of drug-likeness (QED) is 0.688. The summed E-state index contributed by atoms with van der Waals surface area (Å²) in [7, 11) is 0. The van der Waals surface area contributed by atoms with Crippen LogP contribution in [0.3, 0.4) is 0 Å². The highest BCUT2D eigenvalue weighted by Crippen LogP contribution is 2.40. The summed E-state index contributed by atoms with van der Waals surface area (Å²) >= 11 is 2.12. The zero-order valence-corrected chi connectivity index (χ0v) is 13.9. The number of hydrogen-bond acceptors (Lipinski definition) is 2. The van der Waals surface area contributed by atoms with Crippen LogP contribution < -0.4 is 5.32 Å². The third-order valence-electron chi connectivity index (χ3n) is 5.45. The fourth-order valence-electron chi connectivity index (χ4n) is 4.08. The Labute approximate surface area is 124 Å². The Morgan fingerprint density at radius 3 is 2.53 bits per heavy atom. The Balaban J connectivity index is 1.73. The second-order valence-corrected chi connectivity index (χ2v) is 8.11. The van der Waals surface area contributed by atoms with Gasteiger partial charge in [0.1, 0.15) is 0 Å². The van der Waals surface area contributed by atoms with Crippen LogP contribution in [-0.4, -0.2) is 23.6 Å². The van der Waals surface area contributed by atoms with E-state index in [4.69, 9.17) is 0 Å². The van der Waals surface area contributed by atoms with E-state index in [9.17, 15) is 0 Å². The van der Waals surface area contributed by atoms with E-state index in [0.29, 0.717) is 4.75 Å². The van der Waals surface area contributed by atoms with Crippen LogP contribution in [0.25, 0.3) is 0 Å². The van der Waals surface area contributed by atoms with Crippen LogP contribution in [-0.2, 0) is 0 Å². The molecule has 2 aliphatic rings. The number of rotatable bonds is 6. The summed E-state index contributed by atoms with van der Waals surface area (Å²) < 4.78 is 0.578. The van der Waals surface area contributed by atoms with E-state index >= 15 is 0 Å². The lowest BCUT2D eigenvalue weighted by atomic mass is 9.95. The van der Waals surface area contributed by atoms with Gasteiger partial charge in [-0.15, -0.1) is 0 Å². The molecular formula is C17H33NS. The molecule has 1 nitrogen and oxygen atoms in total. The van der Waals surface area contributed by atoms with Crippen molar-refractivity contribution >= 4 is 11.8 Å². The predicted octanol–water partition coefficient (Wildman–Crippen LogP) is 5.00. The maximum absolute atomic E-state index is 3.94. The molecule has 2 unspecified atom stereocenters. The molecule has 0 heterocycles. The monoisotopic (exact) mass is 283 g/mol. The molecule has 2 heteroatoms. The standard InChI is InChI=1S/C17H33NS/c1-3-7-15-8-6-9-16(11-10-15)18-14-17(19-2)12-4-5-13-17/h15-16,18H,3-14H2,1-2H3. The molecule has 0 amide bonds. The lowest BCUT2D eigenvalue weighted by Crippen LogP contribution is -2.40. The fraction of sp³-hybridized carbons (Fsp3) is 1.00. The van der Waals surface area contributed by atoms with Crippen LogP contribution >= 0.6 is 11.8 Å². The average molecular weight is 284 g/mol. The SMILES string of the molecule is CCCC1CCCC(NCC2(SC)CCCC2)CC1. The van der Waals surface area contributed by atoms with E-state index in [1.807, 2.05) is 0 Å². The van der Waals surface area contributed by atoms with Gasteiger partial charge in [0.05, 0.1) is 0 Å². The molecule has 2 rings (SSSR count). The summed E-state index contributed by atoms with van der Waals surface area (Å²) in [5.74, 6) is 1.03. The van der Waals surface area contributed by atoms with Crippen LogP contribution in [0.1, 0.15) is 77.6 Å². The lowest BCUT2D eigenvalue weighted by molar-refractivity contribution is 0.399. The van der Waals surface area contributed by atoms with Crippen LogP contribution in [0, 0.1) is 5.92 Å². The van der Waals surface area contributed by atoms with Crippen molar-refractivity contribution in [1.82, 2.24) is 5.32 Å². The molecule has 0 aromatic rings. The number of thioether (sulfide) groups is 1. The van der Waals surface area contributed by atoms with Gasteiger partial charge in [-0.3, -0.25) is 0 Å².